The molecule has 0 radical (unpaired) electrons. The van der Waals surface area contributed by atoms with Crippen LogP contribution in [-0.2, 0) is 6.42 Å². The van der Waals surface area contributed by atoms with Crippen molar-refractivity contribution in [2.45, 2.75) is 18.5 Å². The predicted molar refractivity (Wildman–Crippen MR) is 50.6 cm³/mol. The standard InChI is InChI=1S/C11H12F3N/c12-11(13,14)5-8-1-3-9(4-2-8)10-6-15-7-10/h1-4,10,15H,5-7H2/p+1. The first kappa shape index (κ1) is 10.5. The Bertz CT molecular complexity index is 325. The fourth-order valence-corrected chi connectivity index (χ4v) is 1.74. The Hall–Kier alpha value is -1.03. The van der Waals surface area contributed by atoms with Gasteiger partial charge >= 0.3 is 6.18 Å². The molecule has 0 spiro atoms. The number of benzene rings is 1. The molecule has 1 aliphatic rings. The third-order valence-corrected chi connectivity index (χ3v) is 2.76. The molecule has 0 unspecified atom stereocenters. The van der Waals surface area contributed by atoms with E-state index in [1.807, 2.05) is 12.1 Å². The van der Waals surface area contributed by atoms with Gasteiger partial charge in [0.15, 0.2) is 0 Å². The highest BCUT2D eigenvalue weighted by atomic mass is 19.4. The van der Waals surface area contributed by atoms with Gasteiger partial charge < -0.3 is 5.32 Å². The van der Waals surface area contributed by atoms with Crippen LogP contribution >= 0.6 is 0 Å². The highest BCUT2D eigenvalue weighted by Crippen LogP contribution is 2.23. The number of alkyl halides is 3. The topological polar surface area (TPSA) is 16.6 Å². The summed E-state index contributed by atoms with van der Waals surface area (Å²) >= 11 is 0. The Morgan fingerprint density at radius 3 is 2.13 bits per heavy atom. The van der Waals surface area contributed by atoms with Crippen molar-refractivity contribution in [3.05, 3.63) is 35.4 Å². The van der Waals surface area contributed by atoms with Gasteiger partial charge in [0, 0.05) is 0 Å². The number of rotatable bonds is 2. The van der Waals surface area contributed by atoms with Crippen molar-refractivity contribution < 1.29 is 18.5 Å². The molecule has 1 fully saturated rings. The molecule has 1 aliphatic heterocycles. The van der Waals surface area contributed by atoms with Crippen molar-refractivity contribution in [3.63, 3.8) is 0 Å². The molecular weight excluding hydrogens is 203 g/mol. The fourth-order valence-electron chi connectivity index (χ4n) is 1.74. The second-order valence-electron chi connectivity index (χ2n) is 3.99. The average molecular weight is 216 g/mol. The fraction of sp³-hybridized carbons (Fsp3) is 0.455. The minimum Gasteiger partial charge on any atom is -0.345 e. The Morgan fingerprint density at radius 2 is 1.73 bits per heavy atom. The third kappa shape index (κ3) is 2.72. The number of hydrogen-bond acceptors (Lipinski definition) is 0. The first-order valence-electron chi connectivity index (χ1n) is 5.02. The Morgan fingerprint density at radius 1 is 1.13 bits per heavy atom. The zero-order valence-corrected chi connectivity index (χ0v) is 8.22. The molecule has 2 N–H and O–H groups in total. The second-order valence-corrected chi connectivity index (χ2v) is 3.99. The highest BCUT2D eigenvalue weighted by Gasteiger charge is 2.28. The van der Waals surface area contributed by atoms with Crippen LogP contribution in [0.2, 0.25) is 0 Å². The summed E-state index contributed by atoms with van der Waals surface area (Å²) in [6.07, 6.45) is -4.93. The number of quaternary nitrogens is 1. The van der Waals surface area contributed by atoms with E-state index in [0.717, 1.165) is 18.7 Å². The van der Waals surface area contributed by atoms with Gasteiger partial charge in [-0.1, -0.05) is 24.3 Å². The van der Waals surface area contributed by atoms with Crippen LogP contribution in [0, 0.1) is 0 Å². The Kier molecular flexibility index (Phi) is 2.69. The molecule has 1 heterocycles. The van der Waals surface area contributed by atoms with Gasteiger partial charge in [0.2, 0.25) is 0 Å². The molecule has 1 saturated heterocycles. The molecule has 15 heavy (non-hydrogen) atoms. The zero-order valence-electron chi connectivity index (χ0n) is 8.22. The van der Waals surface area contributed by atoms with Crippen LogP contribution in [0.4, 0.5) is 13.2 Å². The average Bonchev–Trinajstić information content (AvgIpc) is 2.02. The van der Waals surface area contributed by atoms with E-state index in [1.165, 1.54) is 0 Å². The molecule has 0 aliphatic carbocycles. The summed E-state index contributed by atoms with van der Waals surface area (Å²) in [4.78, 5) is 0. The normalized spacial score (nSPS) is 17.5. The first-order chi connectivity index (χ1) is 7.04. The molecule has 0 atom stereocenters. The smallest absolute Gasteiger partial charge is 0.345 e. The number of nitrogens with two attached hydrogens (primary N) is 1. The Balaban J connectivity index is 2.03. The molecule has 0 amide bonds. The molecular formula is C11H13F3N+. The van der Waals surface area contributed by atoms with Gasteiger partial charge in [0.25, 0.3) is 0 Å². The van der Waals surface area contributed by atoms with Crippen LogP contribution in [0.15, 0.2) is 24.3 Å². The van der Waals surface area contributed by atoms with Crippen molar-refractivity contribution in [1.82, 2.24) is 0 Å². The lowest BCUT2D eigenvalue weighted by atomic mass is 9.93. The minimum atomic E-state index is -4.11. The van der Waals surface area contributed by atoms with Crippen molar-refractivity contribution in [1.29, 1.82) is 0 Å². The predicted octanol–water partition coefficient (Wildman–Crippen LogP) is 1.45. The molecule has 2 rings (SSSR count). The summed E-state index contributed by atoms with van der Waals surface area (Å²) < 4.78 is 36.2. The summed E-state index contributed by atoms with van der Waals surface area (Å²) in [5.74, 6) is 0.532. The van der Waals surface area contributed by atoms with E-state index in [9.17, 15) is 13.2 Å². The first-order valence-corrected chi connectivity index (χ1v) is 5.02. The Labute approximate surface area is 86.3 Å². The van der Waals surface area contributed by atoms with Crippen molar-refractivity contribution in [2.75, 3.05) is 13.1 Å². The minimum absolute atomic E-state index is 0.342. The number of hydrogen-bond donors (Lipinski definition) is 1. The van der Waals surface area contributed by atoms with Gasteiger partial charge in [-0.05, 0) is 11.1 Å². The zero-order chi connectivity index (χ0) is 10.9. The van der Waals surface area contributed by atoms with E-state index in [0.29, 0.717) is 11.5 Å². The summed E-state index contributed by atoms with van der Waals surface area (Å²) in [6, 6.07) is 6.81. The van der Waals surface area contributed by atoms with Crippen LogP contribution in [0.1, 0.15) is 17.0 Å². The van der Waals surface area contributed by atoms with E-state index in [4.69, 9.17) is 0 Å². The maximum Gasteiger partial charge on any atom is 0.393 e. The van der Waals surface area contributed by atoms with Gasteiger partial charge in [-0.25, -0.2) is 0 Å². The van der Waals surface area contributed by atoms with Crippen LogP contribution in [0.25, 0.3) is 0 Å². The largest absolute Gasteiger partial charge is 0.393 e. The van der Waals surface area contributed by atoms with E-state index in [1.54, 1.807) is 12.1 Å². The van der Waals surface area contributed by atoms with E-state index >= 15 is 0 Å². The van der Waals surface area contributed by atoms with Crippen molar-refractivity contribution >= 4 is 0 Å². The summed E-state index contributed by atoms with van der Waals surface area (Å²) in [5.41, 5.74) is 1.50. The molecule has 82 valence electrons. The third-order valence-electron chi connectivity index (χ3n) is 2.76. The lowest BCUT2D eigenvalue weighted by Gasteiger charge is -2.23. The number of halogens is 3. The van der Waals surface area contributed by atoms with E-state index in [2.05, 4.69) is 5.32 Å². The lowest BCUT2D eigenvalue weighted by molar-refractivity contribution is -0.712. The molecule has 0 bridgehead atoms. The molecule has 1 aromatic carbocycles. The lowest BCUT2D eigenvalue weighted by Crippen LogP contribution is -2.95. The van der Waals surface area contributed by atoms with Gasteiger partial charge in [-0.2, -0.15) is 13.2 Å². The molecule has 0 aromatic heterocycles. The molecule has 0 saturated carbocycles. The van der Waals surface area contributed by atoms with Gasteiger partial charge in [-0.3, -0.25) is 0 Å². The van der Waals surface area contributed by atoms with Crippen molar-refractivity contribution in [3.8, 4) is 0 Å². The molecule has 1 aromatic rings. The SMILES string of the molecule is FC(F)(F)Cc1ccc(C2C[NH2+]C2)cc1. The monoisotopic (exact) mass is 216 g/mol. The van der Waals surface area contributed by atoms with Crippen LogP contribution < -0.4 is 5.32 Å². The molecule has 1 nitrogen and oxygen atoms in total. The highest BCUT2D eigenvalue weighted by molar-refractivity contribution is 5.26. The van der Waals surface area contributed by atoms with E-state index in [-0.39, 0.29) is 0 Å². The van der Waals surface area contributed by atoms with E-state index < -0.39 is 12.6 Å². The quantitative estimate of drug-likeness (QED) is 0.770. The van der Waals surface area contributed by atoms with Gasteiger partial charge in [0.1, 0.15) is 0 Å². The van der Waals surface area contributed by atoms with Crippen molar-refractivity contribution in [2.24, 2.45) is 0 Å². The van der Waals surface area contributed by atoms with Gasteiger partial charge in [-0.15, -0.1) is 0 Å². The molecule has 4 heteroatoms. The van der Waals surface area contributed by atoms with Crippen LogP contribution in [0.5, 0.6) is 0 Å². The van der Waals surface area contributed by atoms with Gasteiger partial charge in [0.05, 0.1) is 25.4 Å². The maximum absolute atomic E-state index is 12.1. The summed E-state index contributed by atoms with van der Waals surface area (Å²) in [5, 5.41) is 2.19. The second kappa shape index (κ2) is 3.85. The van der Waals surface area contributed by atoms with Crippen LogP contribution in [-0.4, -0.2) is 19.3 Å². The summed E-state index contributed by atoms with van der Waals surface area (Å²) in [6.45, 7) is 2.11. The summed E-state index contributed by atoms with van der Waals surface area (Å²) in [7, 11) is 0. The van der Waals surface area contributed by atoms with Crippen LogP contribution in [0.3, 0.4) is 0 Å². The maximum atomic E-state index is 12.1.